The number of aromatic nitrogens is 1. The lowest BCUT2D eigenvalue weighted by molar-refractivity contribution is -0.119. The van der Waals surface area contributed by atoms with E-state index in [2.05, 4.69) is 10.3 Å². The standard InChI is InChI=1S/C17H18N2O6S/c1-4-24-17(23)13-9(2)14(10(3)20)26-15(13)19-12(21)8-25-16(22)11-6-5-7-18-11/h5-7,18H,4,8H2,1-3H3,(H,19,21). The molecule has 2 aromatic rings. The summed E-state index contributed by atoms with van der Waals surface area (Å²) >= 11 is 0.980. The Hall–Kier alpha value is -2.94. The van der Waals surface area contributed by atoms with Crippen molar-refractivity contribution in [1.82, 2.24) is 4.98 Å². The highest BCUT2D eigenvalue weighted by Gasteiger charge is 2.25. The minimum Gasteiger partial charge on any atom is -0.462 e. The van der Waals surface area contributed by atoms with Crippen molar-refractivity contribution < 1.29 is 28.7 Å². The number of carbonyl (C=O) groups excluding carboxylic acids is 4. The van der Waals surface area contributed by atoms with E-state index >= 15 is 0 Å². The zero-order valence-corrected chi connectivity index (χ0v) is 15.3. The molecule has 1 amide bonds. The van der Waals surface area contributed by atoms with Gasteiger partial charge in [0.1, 0.15) is 10.7 Å². The fraction of sp³-hybridized carbons (Fsp3) is 0.294. The number of amides is 1. The van der Waals surface area contributed by atoms with Gasteiger partial charge in [-0.05, 0) is 38.5 Å². The van der Waals surface area contributed by atoms with Crippen LogP contribution < -0.4 is 5.32 Å². The van der Waals surface area contributed by atoms with E-state index in [1.54, 1.807) is 26.1 Å². The number of H-pyrrole nitrogens is 1. The molecule has 0 unspecified atom stereocenters. The zero-order valence-electron chi connectivity index (χ0n) is 14.5. The molecule has 0 aromatic carbocycles. The molecule has 0 aliphatic rings. The van der Waals surface area contributed by atoms with Crippen LogP contribution in [0.1, 0.15) is 49.9 Å². The Bertz CT molecular complexity index is 838. The number of rotatable bonds is 7. The van der Waals surface area contributed by atoms with Crippen molar-refractivity contribution in [2.45, 2.75) is 20.8 Å². The zero-order chi connectivity index (χ0) is 19.3. The van der Waals surface area contributed by atoms with Crippen molar-refractivity contribution in [2.24, 2.45) is 0 Å². The molecule has 2 rings (SSSR count). The van der Waals surface area contributed by atoms with Gasteiger partial charge in [-0.15, -0.1) is 11.3 Å². The normalized spacial score (nSPS) is 10.3. The highest BCUT2D eigenvalue weighted by atomic mass is 32.1. The monoisotopic (exact) mass is 378 g/mol. The number of Topliss-reactive ketones (excluding diaryl/α,β-unsaturated/α-hetero) is 1. The summed E-state index contributed by atoms with van der Waals surface area (Å²) in [5.41, 5.74) is 0.793. The Morgan fingerprint density at radius 3 is 2.50 bits per heavy atom. The summed E-state index contributed by atoms with van der Waals surface area (Å²) in [6, 6.07) is 3.14. The van der Waals surface area contributed by atoms with Crippen LogP contribution in [-0.2, 0) is 14.3 Å². The van der Waals surface area contributed by atoms with Crippen LogP contribution in [0, 0.1) is 6.92 Å². The second-order valence-electron chi connectivity index (χ2n) is 5.25. The Labute approximate surface area is 153 Å². The number of thiophene rings is 1. The van der Waals surface area contributed by atoms with E-state index in [1.807, 2.05) is 0 Å². The number of esters is 2. The van der Waals surface area contributed by atoms with Gasteiger partial charge in [0.2, 0.25) is 0 Å². The Kier molecular flexibility index (Phi) is 6.29. The molecule has 0 saturated carbocycles. The molecule has 0 atom stereocenters. The molecule has 0 aliphatic heterocycles. The van der Waals surface area contributed by atoms with Gasteiger partial charge in [-0.3, -0.25) is 9.59 Å². The molecule has 8 nitrogen and oxygen atoms in total. The van der Waals surface area contributed by atoms with E-state index < -0.39 is 24.5 Å². The van der Waals surface area contributed by atoms with E-state index in [0.717, 1.165) is 11.3 Å². The highest BCUT2D eigenvalue weighted by molar-refractivity contribution is 7.18. The lowest BCUT2D eigenvalue weighted by atomic mass is 10.1. The van der Waals surface area contributed by atoms with Crippen LogP contribution in [0.25, 0.3) is 0 Å². The van der Waals surface area contributed by atoms with Gasteiger partial charge in [0.15, 0.2) is 12.4 Å². The number of nitrogens with one attached hydrogen (secondary N) is 2. The van der Waals surface area contributed by atoms with Gasteiger partial charge in [0.25, 0.3) is 5.91 Å². The molecule has 0 saturated heterocycles. The minimum atomic E-state index is -0.678. The van der Waals surface area contributed by atoms with Crippen LogP contribution in [0.15, 0.2) is 18.3 Å². The fourth-order valence-electron chi connectivity index (χ4n) is 2.22. The van der Waals surface area contributed by atoms with Crippen molar-refractivity contribution in [2.75, 3.05) is 18.5 Å². The summed E-state index contributed by atoms with van der Waals surface area (Å²) < 4.78 is 9.88. The third-order valence-electron chi connectivity index (χ3n) is 3.35. The first-order chi connectivity index (χ1) is 12.3. The highest BCUT2D eigenvalue weighted by Crippen LogP contribution is 2.34. The van der Waals surface area contributed by atoms with Crippen molar-refractivity contribution in [3.8, 4) is 0 Å². The quantitative estimate of drug-likeness (QED) is 0.565. The molecule has 9 heteroatoms. The van der Waals surface area contributed by atoms with E-state index in [-0.39, 0.29) is 28.6 Å². The van der Waals surface area contributed by atoms with E-state index in [9.17, 15) is 19.2 Å². The first-order valence-corrected chi connectivity index (χ1v) is 8.58. The molecule has 26 heavy (non-hydrogen) atoms. The third kappa shape index (κ3) is 4.37. The third-order valence-corrected chi connectivity index (χ3v) is 4.66. The Morgan fingerprint density at radius 1 is 1.19 bits per heavy atom. The molecule has 0 fully saturated rings. The van der Waals surface area contributed by atoms with Gasteiger partial charge in [0, 0.05) is 6.20 Å². The first kappa shape index (κ1) is 19.4. The molecule has 2 heterocycles. The maximum absolute atomic E-state index is 12.2. The fourth-order valence-corrected chi connectivity index (χ4v) is 3.32. The average molecular weight is 378 g/mol. The smallest absolute Gasteiger partial charge is 0.355 e. The molecule has 0 spiro atoms. The predicted octanol–water partition coefficient (Wildman–Crippen LogP) is 2.56. The number of hydrogen-bond acceptors (Lipinski definition) is 7. The second-order valence-corrected chi connectivity index (χ2v) is 6.27. The maximum atomic E-state index is 12.2. The van der Waals surface area contributed by atoms with Crippen LogP contribution in [0.3, 0.4) is 0 Å². The first-order valence-electron chi connectivity index (χ1n) is 7.77. The molecule has 0 bridgehead atoms. The Balaban J connectivity index is 2.13. The van der Waals surface area contributed by atoms with Crippen LogP contribution in [0.4, 0.5) is 5.00 Å². The molecule has 2 N–H and O–H groups in total. The van der Waals surface area contributed by atoms with Gasteiger partial charge in [-0.25, -0.2) is 9.59 Å². The van der Waals surface area contributed by atoms with Gasteiger partial charge in [-0.1, -0.05) is 0 Å². The number of anilines is 1. The molecule has 138 valence electrons. The number of ketones is 1. The number of ether oxygens (including phenoxy) is 2. The summed E-state index contributed by atoms with van der Waals surface area (Å²) in [7, 11) is 0. The van der Waals surface area contributed by atoms with Crippen molar-refractivity contribution in [1.29, 1.82) is 0 Å². The minimum absolute atomic E-state index is 0.131. The van der Waals surface area contributed by atoms with Crippen LogP contribution in [0.2, 0.25) is 0 Å². The van der Waals surface area contributed by atoms with Crippen LogP contribution in [0.5, 0.6) is 0 Å². The maximum Gasteiger partial charge on any atom is 0.355 e. The van der Waals surface area contributed by atoms with Crippen molar-refractivity contribution in [3.05, 3.63) is 40.0 Å². The lowest BCUT2D eigenvalue weighted by Crippen LogP contribution is -2.22. The van der Waals surface area contributed by atoms with Gasteiger partial charge in [0.05, 0.1) is 17.0 Å². The van der Waals surface area contributed by atoms with E-state index in [4.69, 9.17) is 9.47 Å². The van der Waals surface area contributed by atoms with Crippen LogP contribution in [-0.4, -0.2) is 41.8 Å². The molecule has 2 aromatic heterocycles. The predicted molar refractivity (Wildman–Crippen MR) is 94.7 cm³/mol. The van der Waals surface area contributed by atoms with Crippen molar-refractivity contribution >= 4 is 40.0 Å². The summed E-state index contributed by atoms with van der Waals surface area (Å²) in [6.45, 7) is 4.26. The summed E-state index contributed by atoms with van der Waals surface area (Å²) in [4.78, 5) is 50.7. The Morgan fingerprint density at radius 2 is 1.92 bits per heavy atom. The topological polar surface area (TPSA) is 115 Å². The molecule has 0 aliphatic carbocycles. The van der Waals surface area contributed by atoms with E-state index in [1.165, 1.54) is 13.0 Å². The summed E-state index contributed by atoms with van der Waals surface area (Å²) in [5, 5.41) is 2.69. The van der Waals surface area contributed by atoms with Gasteiger partial charge in [-0.2, -0.15) is 0 Å². The van der Waals surface area contributed by atoms with Gasteiger partial charge < -0.3 is 19.8 Å². The molecule has 0 radical (unpaired) electrons. The lowest BCUT2D eigenvalue weighted by Gasteiger charge is -2.07. The largest absolute Gasteiger partial charge is 0.462 e. The summed E-state index contributed by atoms with van der Waals surface area (Å²) in [5.74, 6) is -2.17. The molecular formula is C17H18N2O6S. The SMILES string of the molecule is CCOC(=O)c1c(NC(=O)COC(=O)c2ccc[nH]2)sc(C(C)=O)c1C. The van der Waals surface area contributed by atoms with Gasteiger partial charge >= 0.3 is 11.9 Å². The second kappa shape index (κ2) is 8.43. The molecular weight excluding hydrogens is 360 g/mol. The average Bonchev–Trinajstić information content (AvgIpc) is 3.21. The van der Waals surface area contributed by atoms with Crippen molar-refractivity contribution in [3.63, 3.8) is 0 Å². The van der Waals surface area contributed by atoms with E-state index in [0.29, 0.717) is 10.4 Å². The number of carbonyl (C=O) groups is 4. The van der Waals surface area contributed by atoms with Crippen LogP contribution >= 0.6 is 11.3 Å². The number of aromatic amines is 1. The number of hydrogen-bond donors (Lipinski definition) is 2. The summed E-state index contributed by atoms with van der Waals surface area (Å²) in [6.07, 6.45) is 1.56.